The van der Waals surface area contributed by atoms with Gasteiger partial charge in [0, 0.05) is 38.6 Å². The van der Waals surface area contributed by atoms with Gasteiger partial charge in [0.2, 0.25) is 5.91 Å². The summed E-state index contributed by atoms with van der Waals surface area (Å²) in [5, 5.41) is 35.6. The molecule has 13 heteroatoms. The topological polar surface area (TPSA) is 212 Å². The Bertz CT molecular complexity index is 753. The first-order chi connectivity index (χ1) is 15.9. The number of Topliss-reactive ketones (excluding diaryl/α,β-unsaturated/α-hetero) is 2. The molecule has 0 heterocycles. The van der Waals surface area contributed by atoms with Crippen molar-refractivity contribution in [1.82, 2.24) is 5.32 Å². The van der Waals surface area contributed by atoms with Crippen LogP contribution in [0.25, 0.3) is 0 Å². The van der Waals surface area contributed by atoms with Gasteiger partial charge in [-0.1, -0.05) is 0 Å². The molecule has 0 bridgehead atoms. The Balaban J connectivity index is 0.000000686. The van der Waals surface area contributed by atoms with Crippen LogP contribution in [0.3, 0.4) is 0 Å². The van der Waals surface area contributed by atoms with E-state index < -0.39 is 29.8 Å². The highest BCUT2D eigenvalue weighted by molar-refractivity contribution is 8.00. The summed E-state index contributed by atoms with van der Waals surface area (Å²) in [4.78, 5) is 75.5. The molecule has 0 aromatic carbocycles. The molecule has 1 aliphatic rings. The molecular formula is C21H31NO11S. The van der Waals surface area contributed by atoms with Crippen LogP contribution in [0.15, 0.2) is 0 Å². The molecule has 5 N–H and O–H groups in total. The van der Waals surface area contributed by atoms with Crippen molar-refractivity contribution in [2.45, 2.75) is 69.5 Å². The van der Waals surface area contributed by atoms with E-state index in [0.717, 1.165) is 0 Å². The van der Waals surface area contributed by atoms with Crippen LogP contribution >= 0.6 is 11.8 Å². The van der Waals surface area contributed by atoms with E-state index in [0.29, 0.717) is 31.4 Å². The van der Waals surface area contributed by atoms with Crippen LogP contribution in [0.2, 0.25) is 0 Å². The fraction of sp³-hybridized carbons (Fsp3) is 0.667. The summed E-state index contributed by atoms with van der Waals surface area (Å²) in [6.07, 6.45) is 1.40. The van der Waals surface area contributed by atoms with Crippen molar-refractivity contribution in [3.8, 4) is 0 Å². The monoisotopic (exact) mass is 505 g/mol. The largest absolute Gasteiger partial charge is 0.481 e. The number of carboxylic acids is 4. The predicted molar refractivity (Wildman–Crippen MR) is 119 cm³/mol. The molecule has 0 radical (unpaired) electrons. The molecule has 1 amide bonds. The van der Waals surface area contributed by atoms with Gasteiger partial charge < -0.3 is 25.7 Å². The molecule has 34 heavy (non-hydrogen) atoms. The van der Waals surface area contributed by atoms with Gasteiger partial charge in [-0.3, -0.25) is 33.6 Å². The number of carbonyl (C=O) groups excluding carboxylic acids is 3. The van der Waals surface area contributed by atoms with Crippen LogP contribution in [0, 0.1) is 5.92 Å². The first kappa shape index (κ1) is 31.0. The van der Waals surface area contributed by atoms with Crippen molar-refractivity contribution in [2.24, 2.45) is 5.92 Å². The molecule has 1 aliphatic carbocycles. The van der Waals surface area contributed by atoms with Gasteiger partial charge in [-0.2, -0.15) is 11.8 Å². The third kappa shape index (κ3) is 15.8. The minimum absolute atomic E-state index is 0.000783. The number of carboxylic acid groups (broad SMARTS) is 4. The number of carbonyl (C=O) groups is 7. The molecule has 1 rings (SSSR count). The fourth-order valence-corrected chi connectivity index (χ4v) is 4.14. The Hall–Kier alpha value is -2.96. The lowest BCUT2D eigenvalue weighted by atomic mass is 9.99. The molecule has 1 fully saturated rings. The number of amides is 1. The number of rotatable bonds is 16. The molecule has 0 aromatic heterocycles. The fourth-order valence-electron chi connectivity index (χ4n) is 2.94. The molecule has 0 saturated heterocycles. The Morgan fingerprint density at radius 1 is 0.765 bits per heavy atom. The van der Waals surface area contributed by atoms with Crippen molar-refractivity contribution < 1.29 is 54.0 Å². The minimum Gasteiger partial charge on any atom is -0.481 e. The van der Waals surface area contributed by atoms with Gasteiger partial charge in [0.05, 0.1) is 17.6 Å². The van der Waals surface area contributed by atoms with Gasteiger partial charge in [-0.05, 0) is 31.4 Å². The molecule has 2 unspecified atom stereocenters. The number of ketones is 2. The lowest BCUT2D eigenvalue weighted by Crippen LogP contribution is -2.25. The minimum atomic E-state index is -1.02. The van der Waals surface area contributed by atoms with Crippen molar-refractivity contribution in [2.75, 3.05) is 12.3 Å². The Morgan fingerprint density at radius 3 is 1.85 bits per heavy atom. The van der Waals surface area contributed by atoms with E-state index in [4.69, 9.17) is 20.4 Å². The maximum atomic E-state index is 12.0. The number of hydrogen-bond donors (Lipinski definition) is 5. The predicted octanol–water partition coefficient (Wildman–Crippen LogP) is 1.20. The summed E-state index contributed by atoms with van der Waals surface area (Å²) in [7, 11) is 0. The highest BCUT2D eigenvalue weighted by Gasteiger charge is 2.40. The van der Waals surface area contributed by atoms with E-state index in [1.165, 1.54) is 11.8 Å². The van der Waals surface area contributed by atoms with Gasteiger partial charge in [-0.15, -0.1) is 0 Å². The van der Waals surface area contributed by atoms with E-state index in [9.17, 15) is 33.6 Å². The number of nitrogens with one attached hydrogen (secondary N) is 1. The van der Waals surface area contributed by atoms with Crippen LogP contribution in [-0.4, -0.2) is 79.3 Å². The zero-order valence-electron chi connectivity index (χ0n) is 18.7. The third-order valence-corrected chi connectivity index (χ3v) is 5.95. The second-order valence-electron chi connectivity index (χ2n) is 7.51. The molecule has 12 nitrogen and oxygen atoms in total. The second-order valence-corrected chi connectivity index (χ2v) is 8.82. The average molecular weight is 506 g/mol. The van der Waals surface area contributed by atoms with E-state index in [2.05, 4.69) is 5.32 Å². The lowest BCUT2D eigenvalue weighted by Gasteiger charge is -2.08. The molecule has 0 aromatic rings. The lowest BCUT2D eigenvalue weighted by molar-refractivity contribution is -0.139. The average Bonchev–Trinajstić information content (AvgIpc) is 3.00. The van der Waals surface area contributed by atoms with Gasteiger partial charge in [0.15, 0.2) is 5.78 Å². The summed E-state index contributed by atoms with van der Waals surface area (Å²) >= 11 is 1.33. The van der Waals surface area contributed by atoms with Gasteiger partial charge in [-0.25, -0.2) is 0 Å². The zero-order valence-corrected chi connectivity index (χ0v) is 19.5. The zero-order chi connectivity index (χ0) is 26.1. The summed E-state index contributed by atoms with van der Waals surface area (Å²) in [6.45, 7) is 0.269. The molecule has 2 atom stereocenters. The molecule has 0 aliphatic heterocycles. The molecule has 1 saturated carbocycles. The summed E-state index contributed by atoms with van der Waals surface area (Å²) in [5.74, 6) is -4.46. The van der Waals surface area contributed by atoms with E-state index >= 15 is 0 Å². The first-order valence-electron chi connectivity index (χ1n) is 10.8. The van der Waals surface area contributed by atoms with Crippen LogP contribution in [0.1, 0.15) is 64.2 Å². The first-order valence-corrected chi connectivity index (χ1v) is 11.8. The highest BCUT2D eigenvalue weighted by atomic mass is 32.2. The summed E-state index contributed by atoms with van der Waals surface area (Å²) < 4.78 is 0. The van der Waals surface area contributed by atoms with Gasteiger partial charge >= 0.3 is 23.9 Å². The molecular weight excluding hydrogens is 474 g/mol. The quantitative estimate of drug-likeness (QED) is 0.148. The van der Waals surface area contributed by atoms with Gasteiger partial charge in [0.25, 0.3) is 0 Å². The summed E-state index contributed by atoms with van der Waals surface area (Å²) in [6, 6.07) is 0. The Labute approximate surface area is 200 Å². The van der Waals surface area contributed by atoms with Gasteiger partial charge in [0.1, 0.15) is 5.78 Å². The molecule has 0 spiro atoms. The maximum absolute atomic E-state index is 12.0. The summed E-state index contributed by atoms with van der Waals surface area (Å²) in [5.41, 5.74) is 0. The Morgan fingerprint density at radius 2 is 1.29 bits per heavy atom. The van der Waals surface area contributed by atoms with Crippen LogP contribution in [0.4, 0.5) is 0 Å². The standard InChI is InChI=1S/C13H18O6S.C8H13NO5/c14-9-7-10(20-6-2-5-12(17)18)13(19)8(9)3-1-4-11(15)16;10-6(3-4-8(13)14)9-5-1-2-7(11)12/h8,10H,1-7H2,(H,15,16)(H,17,18);1-5H2,(H,9,10)(H,11,12)(H,13,14). The maximum Gasteiger partial charge on any atom is 0.303 e. The number of aliphatic carboxylic acids is 4. The molecule has 192 valence electrons. The van der Waals surface area contributed by atoms with Crippen molar-refractivity contribution in [1.29, 1.82) is 0 Å². The van der Waals surface area contributed by atoms with Crippen molar-refractivity contribution in [3.63, 3.8) is 0 Å². The van der Waals surface area contributed by atoms with E-state index in [1.807, 2.05) is 0 Å². The SMILES string of the molecule is O=C(O)CCCNC(=O)CCC(=O)O.O=C(O)CCCSC1CC(=O)C(CCCC(=O)O)C1=O. The van der Waals surface area contributed by atoms with Crippen molar-refractivity contribution in [3.05, 3.63) is 0 Å². The van der Waals surface area contributed by atoms with Crippen molar-refractivity contribution >= 4 is 53.1 Å². The van der Waals surface area contributed by atoms with Crippen LogP contribution in [-0.2, 0) is 33.6 Å². The van der Waals surface area contributed by atoms with E-state index in [-0.39, 0.29) is 67.8 Å². The van der Waals surface area contributed by atoms with Crippen LogP contribution in [0.5, 0.6) is 0 Å². The number of thioether (sulfide) groups is 1. The smallest absolute Gasteiger partial charge is 0.303 e. The van der Waals surface area contributed by atoms with E-state index in [1.54, 1.807) is 0 Å². The highest BCUT2D eigenvalue weighted by Crippen LogP contribution is 2.31. The normalized spacial score (nSPS) is 16.9. The number of hydrogen-bond acceptors (Lipinski definition) is 8. The van der Waals surface area contributed by atoms with Crippen LogP contribution < -0.4 is 5.32 Å². The second kappa shape index (κ2) is 17.5. The third-order valence-electron chi connectivity index (χ3n) is 4.63. The Kier molecular flexibility index (Phi) is 16.0.